The highest BCUT2D eigenvalue weighted by Crippen LogP contribution is 2.15. The molecule has 0 bridgehead atoms. The van der Waals surface area contributed by atoms with E-state index in [1.807, 2.05) is 18.2 Å². The molecule has 0 fully saturated rings. The number of nitrogens with zero attached hydrogens (tertiary/aromatic N) is 3. The Kier molecular flexibility index (Phi) is 4.60. The van der Waals surface area contributed by atoms with E-state index in [1.165, 1.54) is 7.11 Å². The second-order valence-electron chi connectivity index (χ2n) is 4.00. The number of aromatic nitrogens is 3. The van der Waals surface area contributed by atoms with Gasteiger partial charge in [-0.25, -0.2) is 0 Å². The summed E-state index contributed by atoms with van der Waals surface area (Å²) in [6.45, 7) is 0. The SMILES string of the molecule is COC(=O)CCCCc1nnc(-c2ccccn2)o1. The smallest absolute Gasteiger partial charge is 0.305 e. The van der Waals surface area contributed by atoms with E-state index >= 15 is 0 Å². The summed E-state index contributed by atoms with van der Waals surface area (Å²) in [6.07, 6.45) is 4.29. The summed E-state index contributed by atoms with van der Waals surface area (Å²) in [6, 6.07) is 5.50. The highest BCUT2D eigenvalue weighted by molar-refractivity contribution is 5.68. The number of ether oxygens (including phenoxy) is 1. The van der Waals surface area contributed by atoms with Crippen LogP contribution in [-0.2, 0) is 16.0 Å². The van der Waals surface area contributed by atoms with E-state index in [-0.39, 0.29) is 5.97 Å². The maximum Gasteiger partial charge on any atom is 0.305 e. The summed E-state index contributed by atoms with van der Waals surface area (Å²) < 4.78 is 10.1. The van der Waals surface area contributed by atoms with Crippen LogP contribution in [0.15, 0.2) is 28.8 Å². The molecule has 0 atom stereocenters. The first-order valence-corrected chi connectivity index (χ1v) is 6.10. The van der Waals surface area contributed by atoms with Gasteiger partial charge in [0.15, 0.2) is 0 Å². The highest BCUT2D eigenvalue weighted by atomic mass is 16.5. The average Bonchev–Trinajstić information content (AvgIpc) is 2.93. The van der Waals surface area contributed by atoms with Gasteiger partial charge in [0.25, 0.3) is 5.89 Å². The lowest BCUT2D eigenvalue weighted by molar-refractivity contribution is -0.140. The molecule has 2 aromatic rings. The first-order chi connectivity index (χ1) is 9.29. The van der Waals surface area contributed by atoms with Crippen LogP contribution >= 0.6 is 0 Å². The molecule has 0 amide bonds. The van der Waals surface area contributed by atoms with Crippen LogP contribution in [0.5, 0.6) is 0 Å². The van der Waals surface area contributed by atoms with E-state index in [0.717, 1.165) is 12.8 Å². The van der Waals surface area contributed by atoms with Gasteiger partial charge in [-0.1, -0.05) is 6.07 Å². The molecule has 100 valence electrons. The van der Waals surface area contributed by atoms with Crippen molar-refractivity contribution in [2.75, 3.05) is 7.11 Å². The Morgan fingerprint density at radius 1 is 1.32 bits per heavy atom. The monoisotopic (exact) mass is 261 g/mol. The van der Waals surface area contributed by atoms with Gasteiger partial charge in [-0.2, -0.15) is 0 Å². The van der Waals surface area contributed by atoms with Crippen molar-refractivity contribution in [3.8, 4) is 11.6 Å². The van der Waals surface area contributed by atoms with Crippen molar-refractivity contribution in [1.29, 1.82) is 0 Å². The lowest BCUT2D eigenvalue weighted by Gasteiger charge is -1.97. The fourth-order valence-corrected chi connectivity index (χ4v) is 1.60. The van der Waals surface area contributed by atoms with Crippen LogP contribution in [0.2, 0.25) is 0 Å². The second-order valence-corrected chi connectivity index (χ2v) is 4.00. The Bertz CT molecular complexity index is 525. The van der Waals surface area contributed by atoms with Crippen LogP contribution in [0.3, 0.4) is 0 Å². The fraction of sp³-hybridized carbons (Fsp3) is 0.385. The maximum absolute atomic E-state index is 10.9. The molecule has 0 unspecified atom stereocenters. The molecule has 0 aromatic carbocycles. The molecule has 0 radical (unpaired) electrons. The van der Waals surface area contributed by atoms with E-state index in [2.05, 4.69) is 19.9 Å². The molecule has 0 spiro atoms. The van der Waals surface area contributed by atoms with Gasteiger partial charge in [-0.3, -0.25) is 9.78 Å². The maximum atomic E-state index is 10.9. The summed E-state index contributed by atoms with van der Waals surface area (Å²) in [7, 11) is 1.39. The van der Waals surface area contributed by atoms with Crippen LogP contribution in [0.4, 0.5) is 0 Å². The number of aryl methyl sites for hydroxylation is 1. The third-order valence-corrected chi connectivity index (χ3v) is 2.60. The summed E-state index contributed by atoms with van der Waals surface area (Å²) in [5.74, 6) is 0.786. The van der Waals surface area contributed by atoms with Gasteiger partial charge in [0, 0.05) is 19.0 Å². The molecule has 0 aliphatic carbocycles. The van der Waals surface area contributed by atoms with Gasteiger partial charge in [0.2, 0.25) is 5.89 Å². The van der Waals surface area contributed by atoms with E-state index in [0.29, 0.717) is 30.3 Å². The number of rotatable bonds is 6. The molecule has 0 saturated heterocycles. The van der Waals surface area contributed by atoms with Gasteiger partial charge in [0.1, 0.15) is 5.69 Å². The predicted octanol–water partition coefficient (Wildman–Crippen LogP) is 2.02. The first kappa shape index (κ1) is 13.2. The number of pyridine rings is 1. The highest BCUT2D eigenvalue weighted by Gasteiger charge is 2.09. The number of methoxy groups -OCH3 is 1. The summed E-state index contributed by atoms with van der Waals surface area (Å²) in [4.78, 5) is 15.1. The van der Waals surface area contributed by atoms with Crippen molar-refractivity contribution in [2.45, 2.75) is 25.7 Å². The standard InChI is InChI=1S/C13H15N3O3/c1-18-12(17)8-3-2-7-11-15-16-13(19-11)10-6-4-5-9-14-10/h4-6,9H,2-3,7-8H2,1H3. The number of unbranched alkanes of at least 4 members (excludes halogenated alkanes) is 1. The zero-order valence-corrected chi connectivity index (χ0v) is 10.7. The largest absolute Gasteiger partial charge is 0.469 e. The number of esters is 1. The molecular formula is C13H15N3O3. The van der Waals surface area contributed by atoms with E-state index in [1.54, 1.807) is 6.20 Å². The Hall–Kier alpha value is -2.24. The molecule has 0 aliphatic heterocycles. The third-order valence-electron chi connectivity index (χ3n) is 2.60. The Morgan fingerprint density at radius 2 is 2.21 bits per heavy atom. The number of hydrogen-bond donors (Lipinski definition) is 0. The van der Waals surface area contributed by atoms with Crippen LogP contribution in [0.25, 0.3) is 11.6 Å². The lowest BCUT2D eigenvalue weighted by Crippen LogP contribution is -1.99. The van der Waals surface area contributed by atoms with Crippen LogP contribution in [-0.4, -0.2) is 28.3 Å². The molecule has 0 saturated carbocycles. The van der Waals surface area contributed by atoms with Gasteiger partial charge in [0.05, 0.1) is 7.11 Å². The van der Waals surface area contributed by atoms with Gasteiger partial charge in [-0.05, 0) is 25.0 Å². The van der Waals surface area contributed by atoms with Crippen LogP contribution in [0, 0.1) is 0 Å². The summed E-state index contributed by atoms with van der Waals surface area (Å²) in [5.41, 5.74) is 0.663. The summed E-state index contributed by atoms with van der Waals surface area (Å²) >= 11 is 0. The Labute approximate surface area is 110 Å². The predicted molar refractivity (Wildman–Crippen MR) is 67.1 cm³/mol. The Morgan fingerprint density at radius 3 is 2.95 bits per heavy atom. The first-order valence-electron chi connectivity index (χ1n) is 6.10. The second kappa shape index (κ2) is 6.63. The fourth-order valence-electron chi connectivity index (χ4n) is 1.60. The number of carbonyl (C=O) groups is 1. The molecule has 0 aliphatic rings. The molecule has 6 heteroatoms. The summed E-state index contributed by atoms with van der Waals surface area (Å²) in [5, 5.41) is 7.90. The minimum Gasteiger partial charge on any atom is -0.469 e. The number of carbonyl (C=O) groups excluding carboxylic acids is 1. The van der Waals surface area contributed by atoms with E-state index in [4.69, 9.17) is 4.42 Å². The number of hydrogen-bond acceptors (Lipinski definition) is 6. The van der Waals surface area contributed by atoms with E-state index < -0.39 is 0 Å². The van der Waals surface area contributed by atoms with E-state index in [9.17, 15) is 4.79 Å². The molecule has 0 N–H and O–H groups in total. The average molecular weight is 261 g/mol. The molecule has 2 rings (SSSR count). The van der Waals surface area contributed by atoms with Gasteiger partial charge >= 0.3 is 5.97 Å². The topological polar surface area (TPSA) is 78.1 Å². The minimum atomic E-state index is -0.195. The zero-order chi connectivity index (χ0) is 13.5. The normalized spacial score (nSPS) is 10.4. The van der Waals surface area contributed by atoms with Crippen LogP contribution < -0.4 is 0 Å². The zero-order valence-electron chi connectivity index (χ0n) is 10.7. The molecular weight excluding hydrogens is 246 g/mol. The molecule has 19 heavy (non-hydrogen) atoms. The minimum absolute atomic E-state index is 0.195. The van der Waals surface area contributed by atoms with Crippen molar-refractivity contribution in [2.24, 2.45) is 0 Å². The van der Waals surface area contributed by atoms with Crippen LogP contribution in [0.1, 0.15) is 25.2 Å². The quantitative estimate of drug-likeness (QED) is 0.584. The van der Waals surface area contributed by atoms with Crippen molar-refractivity contribution >= 4 is 5.97 Å². The Balaban J connectivity index is 1.83. The van der Waals surface area contributed by atoms with Gasteiger partial charge in [-0.15, -0.1) is 10.2 Å². The lowest BCUT2D eigenvalue weighted by atomic mass is 10.2. The van der Waals surface area contributed by atoms with Crippen molar-refractivity contribution in [1.82, 2.24) is 15.2 Å². The van der Waals surface area contributed by atoms with Gasteiger partial charge < -0.3 is 9.15 Å². The molecule has 2 heterocycles. The molecule has 6 nitrogen and oxygen atoms in total. The van der Waals surface area contributed by atoms with Crippen molar-refractivity contribution < 1.29 is 13.9 Å². The third kappa shape index (κ3) is 3.87. The molecule has 2 aromatic heterocycles. The van der Waals surface area contributed by atoms with Crippen molar-refractivity contribution in [3.05, 3.63) is 30.3 Å². The van der Waals surface area contributed by atoms with Crippen molar-refractivity contribution in [3.63, 3.8) is 0 Å².